The SMILES string of the molecule is O=c1[nH]nnc2c1nc(Cc1ccc([N+](=O)[O-])cc1)n2Cc1ccccc1. The van der Waals surface area contributed by atoms with E-state index < -0.39 is 10.5 Å². The molecule has 0 atom stereocenters. The number of rotatable bonds is 5. The molecular weight excluding hydrogens is 348 g/mol. The van der Waals surface area contributed by atoms with E-state index in [2.05, 4.69) is 20.4 Å². The zero-order valence-electron chi connectivity index (χ0n) is 14.1. The van der Waals surface area contributed by atoms with Gasteiger partial charge in [0.2, 0.25) is 0 Å². The fourth-order valence-electron chi connectivity index (χ4n) is 2.90. The number of hydrogen-bond acceptors (Lipinski definition) is 6. The molecule has 0 spiro atoms. The van der Waals surface area contributed by atoms with Crippen molar-refractivity contribution in [2.45, 2.75) is 13.0 Å². The molecule has 0 amide bonds. The van der Waals surface area contributed by atoms with Crippen LogP contribution >= 0.6 is 0 Å². The molecular formula is C18H14N6O3. The number of aromatic amines is 1. The van der Waals surface area contributed by atoms with Gasteiger partial charge in [-0.2, -0.15) is 0 Å². The molecule has 2 aromatic heterocycles. The first-order valence-corrected chi connectivity index (χ1v) is 8.19. The second kappa shape index (κ2) is 6.79. The molecule has 1 N–H and O–H groups in total. The third-order valence-electron chi connectivity index (χ3n) is 4.22. The molecule has 134 valence electrons. The number of nitro benzene ring substituents is 1. The van der Waals surface area contributed by atoms with Crippen LogP contribution in [0.1, 0.15) is 17.0 Å². The Bertz CT molecular complexity index is 1170. The molecule has 9 heteroatoms. The number of fused-ring (bicyclic) bond motifs is 1. The summed E-state index contributed by atoms with van der Waals surface area (Å²) in [6.45, 7) is 0.484. The summed E-state index contributed by atoms with van der Waals surface area (Å²) in [5, 5.41) is 20.8. The third-order valence-corrected chi connectivity index (χ3v) is 4.22. The maximum Gasteiger partial charge on any atom is 0.295 e. The summed E-state index contributed by atoms with van der Waals surface area (Å²) in [7, 11) is 0. The average molecular weight is 362 g/mol. The Morgan fingerprint density at radius 2 is 1.78 bits per heavy atom. The third kappa shape index (κ3) is 3.30. The minimum atomic E-state index is -0.441. The summed E-state index contributed by atoms with van der Waals surface area (Å²) in [6.07, 6.45) is 0.403. The molecule has 4 aromatic rings. The molecule has 0 bridgehead atoms. The zero-order chi connectivity index (χ0) is 18.8. The number of hydrogen-bond donors (Lipinski definition) is 1. The van der Waals surface area contributed by atoms with Crippen LogP contribution in [0.5, 0.6) is 0 Å². The van der Waals surface area contributed by atoms with E-state index >= 15 is 0 Å². The molecule has 0 radical (unpaired) electrons. The standard InChI is InChI=1S/C18H14N6O3/c25-18-16-17(20-22-21-18)23(11-13-4-2-1-3-5-13)15(19-16)10-12-6-8-14(9-7-12)24(26)27/h1-9H,10-11H2,(H,20,21,25). The highest BCUT2D eigenvalue weighted by molar-refractivity contribution is 5.69. The minimum absolute atomic E-state index is 0.0267. The van der Waals surface area contributed by atoms with E-state index in [9.17, 15) is 14.9 Å². The Morgan fingerprint density at radius 3 is 2.48 bits per heavy atom. The predicted molar refractivity (Wildman–Crippen MR) is 97.4 cm³/mol. The molecule has 0 aliphatic rings. The van der Waals surface area contributed by atoms with Crippen molar-refractivity contribution in [3.05, 3.63) is 92.0 Å². The fourth-order valence-corrected chi connectivity index (χ4v) is 2.90. The number of aromatic nitrogens is 5. The van der Waals surface area contributed by atoms with Crippen LogP contribution in [0.15, 0.2) is 59.4 Å². The maximum absolute atomic E-state index is 12.1. The van der Waals surface area contributed by atoms with Crippen LogP contribution in [-0.2, 0) is 13.0 Å². The maximum atomic E-state index is 12.1. The van der Waals surface area contributed by atoms with Crippen LogP contribution in [0.25, 0.3) is 11.2 Å². The number of nitrogens with one attached hydrogen (secondary N) is 1. The number of nitro groups is 1. The summed E-state index contributed by atoms with van der Waals surface area (Å²) >= 11 is 0. The van der Waals surface area contributed by atoms with Crippen LogP contribution in [-0.4, -0.2) is 29.9 Å². The summed E-state index contributed by atoms with van der Waals surface area (Å²) in [5.41, 5.74) is 2.12. The largest absolute Gasteiger partial charge is 0.306 e. The van der Waals surface area contributed by atoms with E-state index in [1.54, 1.807) is 12.1 Å². The van der Waals surface area contributed by atoms with Gasteiger partial charge in [-0.3, -0.25) is 14.9 Å². The van der Waals surface area contributed by atoms with E-state index in [0.717, 1.165) is 11.1 Å². The number of non-ortho nitro benzene ring substituents is 1. The Morgan fingerprint density at radius 1 is 1.04 bits per heavy atom. The molecule has 2 aromatic carbocycles. The molecule has 0 unspecified atom stereocenters. The molecule has 0 aliphatic heterocycles. The second-order valence-electron chi connectivity index (χ2n) is 6.01. The lowest BCUT2D eigenvalue weighted by molar-refractivity contribution is -0.384. The Hall–Kier alpha value is -3.88. The first-order valence-electron chi connectivity index (χ1n) is 8.19. The molecule has 4 rings (SSSR count). The zero-order valence-corrected chi connectivity index (χ0v) is 14.1. The average Bonchev–Trinajstić information content (AvgIpc) is 3.02. The summed E-state index contributed by atoms with van der Waals surface area (Å²) in [4.78, 5) is 26.9. The van der Waals surface area contributed by atoms with Crippen molar-refractivity contribution in [3.8, 4) is 0 Å². The van der Waals surface area contributed by atoms with Gasteiger partial charge in [0.25, 0.3) is 11.2 Å². The Balaban J connectivity index is 1.77. The molecule has 9 nitrogen and oxygen atoms in total. The predicted octanol–water partition coefficient (Wildman–Crippen LogP) is 2.06. The lowest BCUT2D eigenvalue weighted by atomic mass is 10.1. The number of imidazole rings is 1. The van der Waals surface area contributed by atoms with E-state index in [-0.39, 0.29) is 11.2 Å². The number of H-pyrrole nitrogens is 1. The fraction of sp³-hybridized carbons (Fsp3) is 0.111. The summed E-state index contributed by atoms with van der Waals surface area (Å²) in [5.74, 6) is 0.633. The molecule has 0 fully saturated rings. The van der Waals surface area contributed by atoms with Crippen molar-refractivity contribution in [1.29, 1.82) is 0 Å². The second-order valence-corrected chi connectivity index (χ2v) is 6.01. The van der Waals surface area contributed by atoms with Crippen molar-refractivity contribution < 1.29 is 4.92 Å². The minimum Gasteiger partial charge on any atom is -0.306 e. The van der Waals surface area contributed by atoms with E-state index in [0.29, 0.717) is 24.4 Å². The van der Waals surface area contributed by atoms with Gasteiger partial charge < -0.3 is 4.57 Å². The normalized spacial score (nSPS) is 11.0. The van der Waals surface area contributed by atoms with Crippen molar-refractivity contribution in [3.63, 3.8) is 0 Å². The van der Waals surface area contributed by atoms with Gasteiger partial charge in [-0.25, -0.2) is 10.1 Å². The molecule has 2 heterocycles. The molecule has 27 heavy (non-hydrogen) atoms. The molecule has 0 aliphatic carbocycles. The van der Waals surface area contributed by atoms with Gasteiger partial charge in [-0.05, 0) is 11.1 Å². The van der Waals surface area contributed by atoms with Gasteiger partial charge in [0, 0.05) is 18.6 Å². The number of nitrogens with zero attached hydrogens (tertiary/aromatic N) is 5. The van der Waals surface area contributed by atoms with Crippen molar-refractivity contribution in [2.75, 3.05) is 0 Å². The Kier molecular flexibility index (Phi) is 4.17. The van der Waals surface area contributed by atoms with Crippen LogP contribution in [0.3, 0.4) is 0 Å². The summed E-state index contributed by atoms with van der Waals surface area (Å²) < 4.78 is 1.84. The number of benzene rings is 2. The van der Waals surface area contributed by atoms with E-state index in [1.807, 2.05) is 34.9 Å². The van der Waals surface area contributed by atoms with Crippen LogP contribution in [0.4, 0.5) is 5.69 Å². The molecule has 0 saturated heterocycles. The first kappa shape index (κ1) is 16.6. The van der Waals surface area contributed by atoms with Crippen molar-refractivity contribution in [2.24, 2.45) is 0 Å². The van der Waals surface area contributed by atoms with Crippen molar-refractivity contribution in [1.82, 2.24) is 25.0 Å². The quantitative estimate of drug-likeness (QED) is 0.429. The smallest absolute Gasteiger partial charge is 0.295 e. The van der Waals surface area contributed by atoms with Gasteiger partial charge in [0.1, 0.15) is 5.82 Å². The highest BCUT2D eigenvalue weighted by Crippen LogP contribution is 2.18. The Labute approximate surface area is 152 Å². The summed E-state index contributed by atoms with van der Waals surface area (Å²) in [6, 6.07) is 16.0. The highest BCUT2D eigenvalue weighted by atomic mass is 16.6. The van der Waals surface area contributed by atoms with Crippen molar-refractivity contribution >= 4 is 16.9 Å². The lowest BCUT2D eigenvalue weighted by Gasteiger charge is -2.08. The lowest BCUT2D eigenvalue weighted by Crippen LogP contribution is -2.11. The van der Waals surface area contributed by atoms with Crippen LogP contribution in [0.2, 0.25) is 0 Å². The van der Waals surface area contributed by atoms with Crippen LogP contribution in [0, 0.1) is 10.1 Å². The topological polar surface area (TPSA) is 120 Å². The van der Waals surface area contributed by atoms with Gasteiger partial charge in [-0.15, -0.1) is 5.10 Å². The van der Waals surface area contributed by atoms with Gasteiger partial charge in [0.05, 0.1) is 11.5 Å². The van der Waals surface area contributed by atoms with E-state index in [4.69, 9.17) is 0 Å². The van der Waals surface area contributed by atoms with Crippen LogP contribution < -0.4 is 5.56 Å². The van der Waals surface area contributed by atoms with Gasteiger partial charge >= 0.3 is 0 Å². The van der Waals surface area contributed by atoms with Gasteiger partial charge in [0.15, 0.2) is 11.2 Å². The highest BCUT2D eigenvalue weighted by Gasteiger charge is 2.16. The molecule has 0 saturated carbocycles. The first-order chi connectivity index (χ1) is 13.1. The van der Waals surface area contributed by atoms with E-state index in [1.165, 1.54) is 12.1 Å². The van der Waals surface area contributed by atoms with Gasteiger partial charge in [-0.1, -0.05) is 47.7 Å². The monoisotopic (exact) mass is 362 g/mol.